The summed E-state index contributed by atoms with van der Waals surface area (Å²) >= 11 is 5.93. The molecule has 0 amide bonds. The minimum absolute atomic E-state index is 0.320. The summed E-state index contributed by atoms with van der Waals surface area (Å²) < 4.78 is 5.20. The van der Waals surface area contributed by atoms with Gasteiger partial charge in [-0.05, 0) is 30.7 Å². The van der Waals surface area contributed by atoms with Crippen LogP contribution in [0, 0.1) is 0 Å². The fourth-order valence-electron chi connectivity index (χ4n) is 2.39. The van der Waals surface area contributed by atoms with Crippen molar-refractivity contribution in [2.45, 2.75) is 6.92 Å². The summed E-state index contributed by atoms with van der Waals surface area (Å²) in [5.41, 5.74) is 3.13. The number of hydrogen-bond acceptors (Lipinski definition) is 2. The molecular weight excluding hydrogens is 286 g/mol. The second kappa shape index (κ2) is 5.62. The van der Waals surface area contributed by atoms with Gasteiger partial charge in [-0.3, -0.25) is 0 Å². The fraction of sp³-hybridized carbons (Fsp3) is 0.118. The Morgan fingerprint density at radius 1 is 1.14 bits per heavy atom. The molecule has 106 valence electrons. The van der Waals surface area contributed by atoms with E-state index in [2.05, 4.69) is 4.98 Å². The van der Waals surface area contributed by atoms with Crippen molar-refractivity contribution in [2.75, 3.05) is 6.61 Å². The van der Waals surface area contributed by atoms with Crippen molar-refractivity contribution in [3.05, 3.63) is 59.1 Å². The molecule has 0 atom stereocenters. The van der Waals surface area contributed by atoms with E-state index in [-0.39, 0.29) is 5.97 Å². The van der Waals surface area contributed by atoms with Crippen molar-refractivity contribution in [2.24, 2.45) is 0 Å². The summed E-state index contributed by atoms with van der Waals surface area (Å²) in [4.78, 5) is 15.6. The topological polar surface area (TPSA) is 42.1 Å². The number of carbonyl (C=O) groups excluding carboxylic acids is 1. The number of benzene rings is 2. The quantitative estimate of drug-likeness (QED) is 0.714. The molecule has 3 rings (SSSR count). The molecule has 0 bridgehead atoms. The average molecular weight is 300 g/mol. The van der Waals surface area contributed by atoms with Gasteiger partial charge in [0, 0.05) is 15.9 Å². The number of hydrogen-bond donors (Lipinski definition) is 1. The van der Waals surface area contributed by atoms with E-state index < -0.39 is 0 Å². The van der Waals surface area contributed by atoms with Crippen molar-refractivity contribution in [1.29, 1.82) is 0 Å². The molecule has 1 N–H and O–H groups in total. The summed E-state index contributed by atoms with van der Waals surface area (Å²) in [7, 11) is 0. The molecule has 0 fully saturated rings. The molecule has 0 saturated heterocycles. The number of para-hydroxylation sites is 1. The number of nitrogens with one attached hydrogen (secondary N) is 1. The van der Waals surface area contributed by atoms with Crippen LogP contribution in [-0.4, -0.2) is 17.6 Å². The Labute approximate surface area is 127 Å². The Balaban J connectivity index is 2.23. The molecule has 0 radical (unpaired) electrons. The largest absolute Gasteiger partial charge is 0.462 e. The lowest BCUT2D eigenvalue weighted by molar-refractivity contribution is 0.0529. The maximum Gasteiger partial charge on any atom is 0.340 e. The van der Waals surface area contributed by atoms with Gasteiger partial charge < -0.3 is 9.72 Å². The lowest BCUT2D eigenvalue weighted by atomic mass is 10.1. The number of carbonyl (C=O) groups is 1. The molecule has 4 heteroatoms. The Hall–Kier alpha value is -2.26. The first-order chi connectivity index (χ1) is 10.2. The van der Waals surface area contributed by atoms with Gasteiger partial charge in [0.1, 0.15) is 0 Å². The highest BCUT2D eigenvalue weighted by Crippen LogP contribution is 2.31. The van der Waals surface area contributed by atoms with Crippen molar-refractivity contribution in [3.63, 3.8) is 0 Å². The van der Waals surface area contributed by atoms with Crippen LogP contribution in [0.4, 0.5) is 0 Å². The molecule has 3 aromatic rings. The summed E-state index contributed by atoms with van der Waals surface area (Å²) in [6, 6.07) is 15.1. The number of fused-ring (bicyclic) bond motifs is 1. The maximum absolute atomic E-state index is 12.3. The molecule has 0 spiro atoms. The molecule has 21 heavy (non-hydrogen) atoms. The van der Waals surface area contributed by atoms with E-state index in [0.717, 1.165) is 22.2 Å². The van der Waals surface area contributed by atoms with Crippen molar-refractivity contribution >= 4 is 28.5 Å². The van der Waals surface area contributed by atoms with Crippen LogP contribution in [0.1, 0.15) is 17.3 Å². The maximum atomic E-state index is 12.3. The Morgan fingerprint density at radius 2 is 1.86 bits per heavy atom. The van der Waals surface area contributed by atoms with Gasteiger partial charge in [0.05, 0.1) is 17.9 Å². The van der Waals surface area contributed by atoms with E-state index in [0.29, 0.717) is 17.2 Å². The standard InChI is InChI=1S/C17H14ClNO2/c1-2-21-17(20)15-13-5-3-4-6-14(13)19-16(15)11-7-9-12(18)10-8-11/h3-10,19H,2H2,1H3. The van der Waals surface area contributed by atoms with Crippen LogP contribution in [0.2, 0.25) is 5.02 Å². The Kier molecular flexibility index (Phi) is 3.67. The molecule has 3 nitrogen and oxygen atoms in total. The molecule has 0 aliphatic rings. The van der Waals surface area contributed by atoms with Crippen LogP contribution in [0.3, 0.4) is 0 Å². The first kappa shape index (κ1) is 13.7. The van der Waals surface area contributed by atoms with Crippen LogP contribution in [0.25, 0.3) is 22.2 Å². The third kappa shape index (κ3) is 2.52. The van der Waals surface area contributed by atoms with E-state index in [4.69, 9.17) is 16.3 Å². The summed E-state index contributed by atoms with van der Waals surface area (Å²) in [5, 5.41) is 1.52. The second-order valence-electron chi connectivity index (χ2n) is 4.65. The highest BCUT2D eigenvalue weighted by Gasteiger charge is 2.20. The number of aromatic nitrogens is 1. The minimum atomic E-state index is -0.320. The summed E-state index contributed by atoms with van der Waals surface area (Å²) in [6.45, 7) is 2.15. The zero-order chi connectivity index (χ0) is 14.8. The normalized spacial score (nSPS) is 10.8. The Morgan fingerprint density at radius 3 is 2.57 bits per heavy atom. The highest BCUT2D eigenvalue weighted by molar-refractivity contribution is 6.30. The zero-order valence-electron chi connectivity index (χ0n) is 11.5. The molecular formula is C17H14ClNO2. The molecule has 2 aromatic carbocycles. The van der Waals surface area contributed by atoms with Gasteiger partial charge in [0.25, 0.3) is 0 Å². The van der Waals surface area contributed by atoms with Gasteiger partial charge in [-0.1, -0.05) is 41.9 Å². The Bertz CT molecular complexity index is 790. The molecule has 0 aliphatic heterocycles. The molecule has 0 unspecified atom stereocenters. The molecule has 0 aliphatic carbocycles. The van der Waals surface area contributed by atoms with Crippen LogP contribution in [0.15, 0.2) is 48.5 Å². The van der Waals surface area contributed by atoms with Gasteiger partial charge in [0.2, 0.25) is 0 Å². The van der Waals surface area contributed by atoms with Crippen LogP contribution < -0.4 is 0 Å². The highest BCUT2D eigenvalue weighted by atomic mass is 35.5. The number of aromatic amines is 1. The second-order valence-corrected chi connectivity index (χ2v) is 5.08. The number of halogens is 1. The van der Waals surface area contributed by atoms with E-state index in [1.54, 1.807) is 19.1 Å². The first-order valence-electron chi connectivity index (χ1n) is 6.74. The van der Waals surface area contributed by atoms with Gasteiger partial charge in [-0.15, -0.1) is 0 Å². The van der Waals surface area contributed by atoms with Crippen molar-refractivity contribution in [1.82, 2.24) is 4.98 Å². The lowest BCUT2D eigenvalue weighted by Crippen LogP contribution is -2.05. The monoisotopic (exact) mass is 299 g/mol. The van der Waals surface area contributed by atoms with Crippen molar-refractivity contribution in [3.8, 4) is 11.3 Å². The predicted molar refractivity (Wildman–Crippen MR) is 84.7 cm³/mol. The van der Waals surface area contributed by atoms with Gasteiger partial charge in [-0.2, -0.15) is 0 Å². The van der Waals surface area contributed by atoms with Crippen LogP contribution in [-0.2, 0) is 4.74 Å². The molecule has 1 heterocycles. The predicted octanol–water partition coefficient (Wildman–Crippen LogP) is 4.67. The summed E-state index contributed by atoms with van der Waals surface area (Å²) in [5.74, 6) is -0.320. The molecule has 0 saturated carbocycles. The number of H-pyrrole nitrogens is 1. The number of ether oxygens (including phenoxy) is 1. The third-order valence-corrected chi connectivity index (χ3v) is 3.57. The third-order valence-electron chi connectivity index (χ3n) is 3.32. The van der Waals surface area contributed by atoms with Crippen LogP contribution >= 0.6 is 11.6 Å². The average Bonchev–Trinajstić information content (AvgIpc) is 2.87. The minimum Gasteiger partial charge on any atom is -0.462 e. The van der Waals surface area contributed by atoms with E-state index in [9.17, 15) is 4.79 Å². The lowest BCUT2D eigenvalue weighted by Gasteiger charge is -2.05. The zero-order valence-corrected chi connectivity index (χ0v) is 12.3. The SMILES string of the molecule is CCOC(=O)c1c(-c2ccc(Cl)cc2)[nH]c2ccccc12. The number of rotatable bonds is 3. The van der Waals surface area contributed by atoms with Gasteiger partial charge in [0.15, 0.2) is 0 Å². The van der Waals surface area contributed by atoms with Gasteiger partial charge in [-0.25, -0.2) is 4.79 Å². The van der Waals surface area contributed by atoms with E-state index in [1.807, 2.05) is 36.4 Å². The fourth-order valence-corrected chi connectivity index (χ4v) is 2.52. The molecule has 1 aromatic heterocycles. The summed E-state index contributed by atoms with van der Waals surface area (Å²) in [6.07, 6.45) is 0. The van der Waals surface area contributed by atoms with E-state index >= 15 is 0 Å². The first-order valence-corrected chi connectivity index (χ1v) is 7.12. The van der Waals surface area contributed by atoms with E-state index in [1.165, 1.54) is 0 Å². The number of esters is 1. The van der Waals surface area contributed by atoms with Crippen LogP contribution in [0.5, 0.6) is 0 Å². The smallest absolute Gasteiger partial charge is 0.340 e. The van der Waals surface area contributed by atoms with Crippen molar-refractivity contribution < 1.29 is 9.53 Å². The van der Waals surface area contributed by atoms with Gasteiger partial charge >= 0.3 is 5.97 Å².